The number of fused-ring (bicyclic) bond motifs is 1. The van der Waals surface area contributed by atoms with Gasteiger partial charge in [-0.25, -0.2) is 9.59 Å². The lowest BCUT2D eigenvalue weighted by Gasteiger charge is -2.35. The van der Waals surface area contributed by atoms with E-state index < -0.39 is 11.2 Å². The van der Waals surface area contributed by atoms with Crippen molar-refractivity contribution in [2.75, 3.05) is 36.4 Å². The first-order valence-corrected chi connectivity index (χ1v) is 12.9. The van der Waals surface area contributed by atoms with Crippen LogP contribution in [0.4, 0.5) is 16.4 Å². The molecule has 5 rings (SSSR count). The maximum absolute atomic E-state index is 13.2. The highest BCUT2D eigenvalue weighted by molar-refractivity contribution is 6.42. The predicted octanol–water partition coefficient (Wildman–Crippen LogP) is 3.80. The van der Waals surface area contributed by atoms with Crippen molar-refractivity contribution >= 4 is 63.6 Å². The summed E-state index contributed by atoms with van der Waals surface area (Å²) in [5, 5.41) is 4.16. The van der Waals surface area contributed by atoms with Crippen LogP contribution in [0.1, 0.15) is 5.56 Å². The molecule has 2 aromatic heterocycles. The third kappa shape index (κ3) is 4.75. The number of nitrogens with zero attached hydrogens (tertiary/aromatic N) is 6. The van der Waals surface area contributed by atoms with Gasteiger partial charge in [0.1, 0.15) is 0 Å². The number of aryl methyl sites for hydroxylation is 1. The van der Waals surface area contributed by atoms with Gasteiger partial charge in [-0.05, 0) is 29.8 Å². The molecule has 1 N–H and O–H groups in total. The standard InChI is InChI=1S/C25H24Cl3N7O3/c1-31-21-20(22(36)32(2)25(31)38)35(14-15-5-3-4-6-17(15)26)23(30-21)33-9-11-34(12-10-33)24(37)29-16-7-8-18(27)19(28)13-16/h3-8,13H,9-12,14H2,1-2H3,(H,29,37). The zero-order valence-electron chi connectivity index (χ0n) is 20.6. The normalized spacial score (nSPS) is 13.8. The molecular weight excluding hydrogens is 553 g/mol. The Morgan fingerprint density at radius 3 is 2.32 bits per heavy atom. The Balaban J connectivity index is 1.45. The van der Waals surface area contributed by atoms with Crippen molar-refractivity contribution in [3.8, 4) is 0 Å². The molecule has 3 heterocycles. The highest BCUT2D eigenvalue weighted by atomic mass is 35.5. The van der Waals surface area contributed by atoms with Crippen LogP contribution in [0, 0.1) is 0 Å². The average Bonchev–Trinajstić information content (AvgIpc) is 3.29. The number of benzene rings is 2. The molecule has 13 heteroatoms. The first kappa shape index (κ1) is 26.1. The van der Waals surface area contributed by atoms with E-state index in [1.54, 1.807) is 40.8 Å². The highest BCUT2D eigenvalue weighted by Gasteiger charge is 2.27. The number of nitrogens with one attached hydrogen (secondary N) is 1. The van der Waals surface area contributed by atoms with Crippen molar-refractivity contribution in [1.82, 2.24) is 23.6 Å². The van der Waals surface area contributed by atoms with Crippen molar-refractivity contribution in [1.29, 1.82) is 0 Å². The summed E-state index contributed by atoms with van der Waals surface area (Å²) in [6.07, 6.45) is 0. The van der Waals surface area contributed by atoms with Gasteiger partial charge >= 0.3 is 11.7 Å². The number of aromatic nitrogens is 4. The minimum Gasteiger partial charge on any atom is -0.339 e. The fourth-order valence-corrected chi connectivity index (χ4v) is 5.00. The summed E-state index contributed by atoms with van der Waals surface area (Å²) in [6.45, 7) is 2.06. The number of carbonyl (C=O) groups is 1. The largest absolute Gasteiger partial charge is 0.339 e. The molecule has 1 aliphatic rings. The molecule has 38 heavy (non-hydrogen) atoms. The minimum absolute atomic E-state index is 0.260. The van der Waals surface area contributed by atoms with Crippen LogP contribution in [0.15, 0.2) is 52.1 Å². The highest BCUT2D eigenvalue weighted by Crippen LogP contribution is 2.27. The molecule has 0 unspecified atom stereocenters. The Morgan fingerprint density at radius 2 is 1.63 bits per heavy atom. The Kier molecular flexibility index (Phi) is 7.13. The Labute approximate surface area is 232 Å². The molecule has 1 fully saturated rings. The monoisotopic (exact) mass is 575 g/mol. The predicted molar refractivity (Wildman–Crippen MR) is 150 cm³/mol. The summed E-state index contributed by atoms with van der Waals surface area (Å²) in [7, 11) is 3.04. The van der Waals surface area contributed by atoms with Crippen LogP contribution in [0.5, 0.6) is 0 Å². The van der Waals surface area contributed by atoms with E-state index >= 15 is 0 Å². The maximum Gasteiger partial charge on any atom is 0.332 e. The molecule has 0 radical (unpaired) electrons. The summed E-state index contributed by atoms with van der Waals surface area (Å²) in [6, 6.07) is 12.0. The lowest BCUT2D eigenvalue weighted by molar-refractivity contribution is 0.208. The Morgan fingerprint density at radius 1 is 0.921 bits per heavy atom. The van der Waals surface area contributed by atoms with Gasteiger partial charge in [-0.15, -0.1) is 0 Å². The van der Waals surface area contributed by atoms with E-state index in [4.69, 9.17) is 39.8 Å². The average molecular weight is 577 g/mol. The van der Waals surface area contributed by atoms with Gasteiger partial charge in [-0.2, -0.15) is 4.98 Å². The minimum atomic E-state index is -0.458. The molecule has 198 valence electrons. The summed E-state index contributed by atoms with van der Waals surface area (Å²) in [5.74, 6) is 0.530. The SMILES string of the molecule is Cn1c(=O)c2c(nc(N3CCN(C(=O)Nc4ccc(Cl)c(Cl)c4)CC3)n2Cc2ccccc2Cl)n(C)c1=O. The van der Waals surface area contributed by atoms with Gasteiger partial charge in [-0.1, -0.05) is 53.0 Å². The quantitative estimate of drug-likeness (QED) is 0.399. The van der Waals surface area contributed by atoms with Crippen molar-refractivity contribution in [3.63, 3.8) is 0 Å². The van der Waals surface area contributed by atoms with Crippen LogP contribution >= 0.6 is 34.8 Å². The van der Waals surface area contributed by atoms with Crippen molar-refractivity contribution in [2.24, 2.45) is 14.1 Å². The summed E-state index contributed by atoms with van der Waals surface area (Å²) in [5.41, 5.74) is 1.06. The second kappa shape index (κ2) is 10.4. The van der Waals surface area contributed by atoms with E-state index in [1.165, 1.54) is 11.6 Å². The fourth-order valence-electron chi connectivity index (χ4n) is 4.51. The number of rotatable bonds is 4. The lowest BCUT2D eigenvalue weighted by Crippen LogP contribution is -2.50. The van der Waals surface area contributed by atoms with Crippen LogP contribution in [0.25, 0.3) is 11.2 Å². The summed E-state index contributed by atoms with van der Waals surface area (Å²) >= 11 is 18.5. The van der Waals surface area contributed by atoms with Gasteiger partial charge in [0.2, 0.25) is 5.95 Å². The topological polar surface area (TPSA) is 97.4 Å². The molecule has 0 atom stereocenters. The van der Waals surface area contributed by atoms with Gasteiger partial charge in [0.15, 0.2) is 11.2 Å². The molecular formula is C25H24Cl3N7O3. The van der Waals surface area contributed by atoms with Crippen LogP contribution in [-0.2, 0) is 20.6 Å². The number of anilines is 2. The van der Waals surface area contributed by atoms with Crippen molar-refractivity contribution in [2.45, 2.75) is 6.54 Å². The number of urea groups is 1. The molecule has 0 saturated carbocycles. The van der Waals surface area contributed by atoms with E-state index in [-0.39, 0.29) is 12.6 Å². The molecule has 1 saturated heterocycles. The number of imidazole rings is 1. The van der Waals surface area contributed by atoms with Crippen LogP contribution in [0.2, 0.25) is 15.1 Å². The maximum atomic E-state index is 13.2. The second-order valence-corrected chi connectivity index (χ2v) is 10.2. The summed E-state index contributed by atoms with van der Waals surface area (Å²) < 4.78 is 4.23. The third-order valence-electron chi connectivity index (χ3n) is 6.63. The third-order valence-corrected chi connectivity index (χ3v) is 7.74. The number of hydrogen-bond acceptors (Lipinski definition) is 5. The molecule has 4 aromatic rings. The van der Waals surface area contributed by atoms with E-state index in [1.807, 2.05) is 23.1 Å². The molecule has 1 aliphatic heterocycles. The van der Waals surface area contributed by atoms with E-state index in [9.17, 15) is 14.4 Å². The number of hydrogen-bond donors (Lipinski definition) is 1. The van der Waals surface area contributed by atoms with Gasteiger partial charge in [0.05, 0.1) is 16.6 Å². The number of amides is 2. The smallest absolute Gasteiger partial charge is 0.332 e. The van der Waals surface area contributed by atoms with Gasteiger partial charge < -0.3 is 15.1 Å². The fraction of sp³-hybridized carbons (Fsp3) is 0.280. The number of halogens is 3. The van der Waals surface area contributed by atoms with Crippen molar-refractivity contribution in [3.05, 3.63) is 83.9 Å². The first-order chi connectivity index (χ1) is 18.2. The van der Waals surface area contributed by atoms with Gasteiger partial charge in [0.25, 0.3) is 5.56 Å². The zero-order chi connectivity index (χ0) is 27.1. The molecule has 10 nitrogen and oxygen atoms in total. The first-order valence-electron chi connectivity index (χ1n) is 11.8. The molecule has 0 spiro atoms. The van der Waals surface area contributed by atoms with Gasteiger partial charge in [0, 0.05) is 51.0 Å². The second-order valence-electron chi connectivity index (χ2n) is 9.00. The zero-order valence-corrected chi connectivity index (χ0v) is 22.9. The van der Waals surface area contributed by atoms with Gasteiger partial charge in [-0.3, -0.25) is 18.5 Å². The lowest BCUT2D eigenvalue weighted by atomic mass is 10.2. The number of piperazine rings is 1. The van der Waals surface area contributed by atoms with Crippen LogP contribution in [0.3, 0.4) is 0 Å². The Hall–Kier alpha value is -3.47. The summed E-state index contributed by atoms with van der Waals surface area (Å²) in [4.78, 5) is 47.1. The Bertz CT molecular complexity index is 1670. The van der Waals surface area contributed by atoms with E-state index in [0.717, 1.165) is 10.1 Å². The van der Waals surface area contributed by atoms with Crippen LogP contribution in [-0.4, -0.2) is 55.8 Å². The molecule has 0 aliphatic carbocycles. The van der Waals surface area contributed by atoms with Crippen molar-refractivity contribution < 1.29 is 4.79 Å². The molecule has 0 bridgehead atoms. The van der Waals surface area contributed by atoms with E-state index in [0.29, 0.717) is 64.0 Å². The molecule has 2 aromatic carbocycles. The molecule has 2 amide bonds. The van der Waals surface area contributed by atoms with Crippen LogP contribution < -0.4 is 21.5 Å². The van der Waals surface area contributed by atoms with E-state index in [2.05, 4.69) is 5.32 Å². The number of carbonyl (C=O) groups excluding carboxylic acids is 1.